The number of aromatic nitrogens is 4. The Labute approximate surface area is 138 Å². The maximum atomic E-state index is 10.6. The summed E-state index contributed by atoms with van der Waals surface area (Å²) in [4.78, 5) is 17.8. The maximum Gasteiger partial charge on any atom is 0.181 e. The fourth-order valence-electron chi connectivity index (χ4n) is 2.71. The van der Waals surface area contributed by atoms with Crippen molar-refractivity contribution in [1.29, 1.82) is 0 Å². The molecule has 1 aliphatic rings. The van der Waals surface area contributed by atoms with Crippen LogP contribution in [-0.4, -0.2) is 65.9 Å². The van der Waals surface area contributed by atoms with E-state index in [1.54, 1.807) is 0 Å². The van der Waals surface area contributed by atoms with Gasteiger partial charge in [-0.3, -0.25) is 9.40 Å². The highest BCUT2D eigenvalue weighted by atomic mass is 16.6. The van der Waals surface area contributed by atoms with Gasteiger partial charge in [-0.2, -0.15) is 0 Å². The molecule has 0 bridgehead atoms. The highest BCUT2D eigenvalue weighted by molar-refractivity contribution is 5.82. The lowest BCUT2D eigenvalue weighted by Crippen LogP contribution is -2.44. The molecule has 0 amide bonds. The molecule has 0 aromatic carbocycles. The van der Waals surface area contributed by atoms with Crippen molar-refractivity contribution < 1.29 is 24.9 Å². The molecule has 0 saturated carbocycles. The normalized spacial score (nSPS) is 30.1. The molecule has 1 saturated heterocycles. The van der Waals surface area contributed by atoms with Crippen LogP contribution in [0.2, 0.25) is 0 Å². The van der Waals surface area contributed by atoms with E-state index in [-0.39, 0.29) is 0 Å². The van der Waals surface area contributed by atoms with Crippen molar-refractivity contribution in [3.63, 3.8) is 0 Å². The molecule has 0 radical (unpaired) electrons. The van der Waals surface area contributed by atoms with E-state index in [4.69, 9.17) is 9.57 Å². The van der Waals surface area contributed by atoms with Gasteiger partial charge in [0.2, 0.25) is 0 Å². The number of aliphatic hydroxyl groups is 3. The topological polar surface area (TPSA) is 135 Å². The molecular weight excluding hydrogens is 318 g/mol. The minimum Gasteiger partial charge on any atom is -0.394 e. The van der Waals surface area contributed by atoms with Gasteiger partial charge in [0.15, 0.2) is 23.2 Å². The largest absolute Gasteiger partial charge is 0.394 e. The van der Waals surface area contributed by atoms with Crippen LogP contribution in [0.1, 0.15) is 26.5 Å². The van der Waals surface area contributed by atoms with Crippen LogP contribution in [0.25, 0.3) is 11.2 Å². The number of ether oxygens (including phenoxy) is 1. The quantitative estimate of drug-likeness (QED) is 0.409. The van der Waals surface area contributed by atoms with E-state index in [9.17, 15) is 15.3 Å². The van der Waals surface area contributed by atoms with Gasteiger partial charge in [0.05, 0.1) is 19.5 Å². The monoisotopic (exact) mass is 339 g/mol. The molecule has 2 aromatic rings. The summed E-state index contributed by atoms with van der Waals surface area (Å²) in [6.07, 6.45) is 0.535. The Hall–Kier alpha value is -1.85. The summed E-state index contributed by atoms with van der Waals surface area (Å²) >= 11 is 0. The number of hydrogen-bond acceptors (Lipinski definition) is 9. The predicted octanol–water partition coefficient (Wildman–Crippen LogP) is -0.419. The molecule has 132 valence electrons. The fourth-order valence-corrected chi connectivity index (χ4v) is 2.71. The van der Waals surface area contributed by atoms with Gasteiger partial charge in [0, 0.05) is 0 Å². The van der Waals surface area contributed by atoms with Crippen LogP contribution in [-0.2, 0) is 9.57 Å². The Balaban J connectivity index is 1.95. The van der Waals surface area contributed by atoms with Gasteiger partial charge in [-0.1, -0.05) is 6.92 Å². The lowest BCUT2D eigenvalue weighted by atomic mass is 9.96. The molecule has 0 aliphatic carbocycles. The van der Waals surface area contributed by atoms with Crippen LogP contribution < -0.4 is 5.48 Å². The number of hydrogen-bond donors (Lipinski definition) is 4. The average molecular weight is 339 g/mol. The third-order valence-electron chi connectivity index (χ3n) is 4.02. The second kappa shape index (κ2) is 6.57. The van der Waals surface area contributed by atoms with E-state index in [1.807, 2.05) is 6.92 Å². The maximum absolute atomic E-state index is 10.6. The first-order chi connectivity index (χ1) is 11.5. The first-order valence-electron chi connectivity index (χ1n) is 7.72. The Kier molecular flexibility index (Phi) is 4.65. The van der Waals surface area contributed by atoms with Crippen LogP contribution in [0.5, 0.6) is 0 Å². The highest BCUT2D eigenvalue weighted by Gasteiger charge is 2.53. The average Bonchev–Trinajstić information content (AvgIpc) is 3.08. The Morgan fingerprint density at radius 1 is 1.42 bits per heavy atom. The van der Waals surface area contributed by atoms with Crippen molar-refractivity contribution in [2.75, 3.05) is 18.7 Å². The minimum atomic E-state index is -1.61. The van der Waals surface area contributed by atoms with Crippen molar-refractivity contribution in [2.45, 2.75) is 44.3 Å². The number of aliphatic hydroxyl groups excluding tert-OH is 2. The molecule has 24 heavy (non-hydrogen) atoms. The predicted molar refractivity (Wildman–Crippen MR) is 82.8 cm³/mol. The smallest absolute Gasteiger partial charge is 0.181 e. The number of imidazole rings is 1. The summed E-state index contributed by atoms with van der Waals surface area (Å²) in [7, 11) is 0. The van der Waals surface area contributed by atoms with Gasteiger partial charge in [-0.05, 0) is 13.3 Å². The summed E-state index contributed by atoms with van der Waals surface area (Å²) in [5, 5.41) is 30.0. The molecule has 2 aromatic heterocycles. The van der Waals surface area contributed by atoms with Crippen LogP contribution in [0.15, 0.2) is 12.7 Å². The SMILES string of the molecule is CCCONc1ncnc2c1ncn2[C@@H]1O[C@H](CO)[C@@H](O)[C@@]1(C)O. The molecular formula is C14H21N5O5. The third-order valence-corrected chi connectivity index (χ3v) is 4.02. The first-order valence-corrected chi connectivity index (χ1v) is 7.72. The zero-order chi connectivity index (χ0) is 17.3. The van der Waals surface area contributed by atoms with Crippen LogP contribution in [0.3, 0.4) is 0 Å². The lowest BCUT2D eigenvalue weighted by Gasteiger charge is -2.27. The molecule has 1 aliphatic heterocycles. The van der Waals surface area contributed by atoms with Crippen molar-refractivity contribution in [3.05, 3.63) is 12.7 Å². The van der Waals surface area contributed by atoms with Crippen LogP contribution >= 0.6 is 0 Å². The van der Waals surface area contributed by atoms with Crippen molar-refractivity contribution in [1.82, 2.24) is 19.5 Å². The van der Waals surface area contributed by atoms with Crippen molar-refractivity contribution in [3.8, 4) is 0 Å². The Morgan fingerprint density at radius 3 is 2.88 bits per heavy atom. The van der Waals surface area contributed by atoms with Gasteiger partial charge < -0.3 is 20.1 Å². The van der Waals surface area contributed by atoms with E-state index in [2.05, 4.69) is 20.4 Å². The molecule has 3 heterocycles. The highest BCUT2D eigenvalue weighted by Crippen LogP contribution is 2.39. The number of nitrogens with one attached hydrogen (secondary N) is 1. The Morgan fingerprint density at radius 2 is 2.21 bits per heavy atom. The number of fused-ring (bicyclic) bond motifs is 1. The second-order valence-corrected chi connectivity index (χ2v) is 5.88. The van der Waals surface area contributed by atoms with Crippen LogP contribution in [0.4, 0.5) is 5.82 Å². The molecule has 3 rings (SSSR count). The van der Waals surface area contributed by atoms with E-state index >= 15 is 0 Å². The van der Waals surface area contributed by atoms with E-state index in [0.717, 1.165) is 6.42 Å². The number of rotatable bonds is 6. The number of anilines is 1. The molecule has 4 N–H and O–H groups in total. The van der Waals surface area contributed by atoms with Gasteiger partial charge in [-0.25, -0.2) is 20.4 Å². The van der Waals surface area contributed by atoms with Gasteiger partial charge in [0.25, 0.3) is 0 Å². The fraction of sp³-hybridized carbons (Fsp3) is 0.643. The number of nitrogens with zero attached hydrogens (tertiary/aromatic N) is 4. The van der Waals surface area contributed by atoms with Gasteiger partial charge in [-0.15, -0.1) is 0 Å². The summed E-state index contributed by atoms with van der Waals surface area (Å²) in [6.45, 7) is 3.52. The standard InChI is InChI=1S/C14H21N5O5/c1-3-4-23-18-11-9-12(16-6-15-11)19(7-17-9)13-14(2,22)10(21)8(5-20)24-13/h6-8,10,13,20-22H,3-5H2,1-2H3,(H,15,16,18)/t8-,10-,13-,14-/m1/s1. The Bertz CT molecular complexity index is 706. The molecule has 0 unspecified atom stereocenters. The van der Waals surface area contributed by atoms with Crippen molar-refractivity contribution in [2.24, 2.45) is 0 Å². The van der Waals surface area contributed by atoms with E-state index in [0.29, 0.717) is 23.6 Å². The molecule has 1 fully saturated rings. The third kappa shape index (κ3) is 2.72. The minimum absolute atomic E-state index is 0.393. The summed E-state index contributed by atoms with van der Waals surface area (Å²) in [5.41, 5.74) is 1.96. The van der Waals surface area contributed by atoms with E-state index < -0.39 is 30.6 Å². The lowest BCUT2D eigenvalue weighted by molar-refractivity contribution is -0.0950. The van der Waals surface area contributed by atoms with Crippen molar-refractivity contribution >= 4 is 17.0 Å². The zero-order valence-electron chi connectivity index (χ0n) is 13.5. The van der Waals surface area contributed by atoms with Crippen LogP contribution in [0, 0.1) is 0 Å². The van der Waals surface area contributed by atoms with E-state index in [1.165, 1.54) is 24.1 Å². The molecule has 4 atom stereocenters. The summed E-state index contributed by atoms with van der Waals surface area (Å²) in [6, 6.07) is 0. The summed E-state index contributed by atoms with van der Waals surface area (Å²) < 4.78 is 7.09. The summed E-state index contributed by atoms with van der Waals surface area (Å²) in [5.74, 6) is 0.393. The molecule has 10 heteroatoms. The second-order valence-electron chi connectivity index (χ2n) is 5.88. The first kappa shape index (κ1) is 17.0. The zero-order valence-corrected chi connectivity index (χ0v) is 13.5. The van der Waals surface area contributed by atoms with Gasteiger partial charge in [0.1, 0.15) is 24.1 Å². The van der Waals surface area contributed by atoms with Gasteiger partial charge >= 0.3 is 0 Å². The molecule has 10 nitrogen and oxygen atoms in total. The molecule has 0 spiro atoms.